The van der Waals surface area contributed by atoms with Gasteiger partial charge in [-0.15, -0.1) is 5.10 Å². The second-order valence-electron chi connectivity index (χ2n) is 5.29. The Morgan fingerprint density at radius 1 is 1.35 bits per heavy atom. The van der Waals surface area contributed by atoms with Crippen LogP contribution in [0.2, 0.25) is 0 Å². The fourth-order valence-electron chi connectivity index (χ4n) is 1.67. The number of nitrogens with zero attached hydrogens (tertiary/aromatic N) is 3. The summed E-state index contributed by atoms with van der Waals surface area (Å²) in [6.45, 7) is 4.33. The molecule has 0 bridgehead atoms. The van der Waals surface area contributed by atoms with Crippen molar-refractivity contribution in [2.75, 3.05) is 0 Å². The van der Waals surface area contributed by atoms with Crippen LogP contribution in [0.5, 0.6) is 0 Å². The van der Waals surface area contributed by atoms with E-state index in [1.165, 1.54) is 4.68 Å². The van der Waals surface area contributed by atoms with E-state index in [4.69, 9.17) is 5.73 Å². The first kappa shape index (κ1) is 14.2. The Balaban J connectivity index is 1.87. The number of nitrogens with two attached hydrogens (primary N) is 1. The zero-order chi connectivity index (χ0) is 14.6. The molecule has 1 aromatic heterocycles. The maximum Gasteiger partial charge on any atom is 0.242 e. The molecule has 6 nitrogen and oxygen atoms in total. The van der Waals surface area contributed by atoms with Gasteiger partial charge in [0, 0.05) is 6.54 Å². The molecule has 2 aromatic rings. The molecular formula is C14H19N5O. The van der Waals surface area contributed by atoms with Crippen LogP contribution in [0.4, 0.5) is 0 Å². The Labute approximate surface area is 118 Å². The van der Waals surface area contributed by atoms with Gasteiger partial charge in [-0.25, -0.2) is 4.68 Å². The standard InChI is InChI=1S/C14H19N5O/c1-14(2,15)12-9-19(18-17-12)10-13(20)16-8-11-6-4-3-5-7-11/h3-7,9H,8,10,15H2,1-2H3,(H,16,20). The minimum absolute atomic E-state index is 0.111. The van der Waals surface area contributed by atoms with Crippen LogP contribution in [0.1, 0.15) is 25.1 Å². The number of carbonyl (C=O) groups is 1. The largest absolute Gasteiger partial charge is 0.350 e. The van der Waals surface area contributed by atoms with E-state index >= 15 is 0 Å². The lowest BCUT2D eigenvalue weighted by Crippen LogP contribution is -2.29. The van der Waals surface area contributed by atoms with Crippen molar-refractivity contribution in [1.29, 1.82) is 0 Å². The molecule has 0 aliphatic rings. The van der Waals surface area contributed by atoms with E-state index in [2.05, 4.69) is 15.6 Å². The molecule has 106 valence electrons. The number of aromatic nitrogens is 3. The second kappa shape index (κ2) is 5.83. The van der Waals surface area contributed by atoms with Gasteiger partial charge in [0.25, 0.3) is 0 Å². The Morgan fingerprint density at radius 2 is 2.05 bits per heavy atom. The van der Waals surface area contributed by atoms with Crippen LogP contribution < -0.4 is 11.1 Å². The third kappa shape index (κ3) is 3.89. The maximum atomic E-state index is 11.8. The third-order valence-electron chi connectivity index (χ3n) is 2.84. The van der Waals surface area contributed by atoms with E-state index in [1.54, 1.807) is 6.20 Å². The molecule has 0 atom stereocenters. The molecule has 6 heteroatoms. The summed E-state index contributed by atoms with van der Waals surface area (Å²) in [5.74, 6) is -0.111. The van der Waals surface area contributed by atoms with Gasteiger partial charge < -0.3 is 11.1 Å². The quantitative estimate of drug-likeness (QED) is 0.843. The first-order valence-corrected chi connectivity index (χ1v) is 6.45. The fraction of sp³-hybridized carbons (Fsp3) is 0.357. The fourth-order valence-corrected chi connectivity index (χ4v) is 1.67. The van der Waals surface area contributed by atoms with Crippen molar-refractivity contribution in [3.05, 3.63) is 47.8 Å². The van der Waals surface area contributed by atoms with E-state index in [0.29, 0.717) is 12.2 Å². The lowest BCUT2D eigenvalue weighted by molar-refractivity contribution is -0.122. The van der Waals surface area contributed by atoms with E-state index in [9.17, 15) is 4.79 Å². The summed E-state index contributed by atoms with van der Waals surface area (Å²) in [7, 11) is 0. The SMILES string of the molecule is CC(C)(N)c1cn(CC(=O)NCc2ccccc2)nn1. The second-order valence-corrected chi connectivity index (χ2v) is 5.29. The molecule has 20 heavy (non-hydrogen) atoms. The van der Waals surface area contributed by atoms with E-state index in [0.717, 1.165) is 5.56 Å². The molecule has 0 aliphatic heterocycles. The Bertz CT molecular complexity index is 571. The number of carbonyl (C=O) groups excluding carboxylic acids is 1. The summed E-state index contributed by atoms with van der Waals surface area (Å²) < 4.78 is 1.49. The summed E-state index contributed by atoms with van der Waals surface area (Å²) in [4.78, 5) is 11.8. The van der Waals surface area contributed by atoms with Crippen LogP contribution in [0.15, 0.2) is 36.5 Å². The van der Waals surface area contributed by atoms with Crippen molar-refractivity contribution in [3.63, 3.8) is 0 Å². The normalized spacial score (nSPS) is 11.3. The van der Waals surface area contributed by atoms with Crippen LogP contribution in [-0.4, -0.2) is 20.9 Å². The van der Waals surface area contributed by atoms with Gasteiger partial charge in [0.2, 0.25) is 5.91 Å². The monoisotopic (exact) mass is 273 g/mol. The summed E-state index contributed by atoms with van der Waals surface area (Å²) >= 11 is 0. The first-order chi connectivity index (χ1) is 9.45. The summed E-state index contributed by atoms with van der Waals surface area (Å²) in [6.07, 6.45) is 1.70. The third-order valence-corrected chi connectivity index (χ3v) is 2.84. The van der Waals surface area contributed by atoms with Crippen LogP contribution in [0.25, 0.3) is 0 Å². The number of benzene rings is 1. The van der Waals surface area contributed by atoms with Crippen LogP contribution >= 0.6 is 0 Å². The minimum atomic E-state index is -0.557. The van der Waals surface area contributed by atoms with Gasteiger partial charge in [0.1, 0.15) is 12.2 Å². The van der Waals surface area contributed by atoms with Crippen molar-refractivity contribution in [2.45, 2.75) is 32.5 Å². The maximum absolute atomic E-state index is 11.8. The van der Waals surface area contributed by atoms with E-state index < -0.39 is 5.54 Å². The molecule has 1 amide bonds. The zero-order valence-corrected chi connectivity index (χ0v) is 11.7. The highest BCUT2D eigenvalue weighted by molar-refractivity contribution is 5.75. The summed E-state index contributed by atoms with van der Waals surface area (Å²) in [5, 5.41) is 10.7. The highest BCUT2D eigenvalue weighted by atomic mass is 16.2. The van der Waals surface area contributed by atoms with Crippen molar-refractivity contribution in [1.82, 2.24) is 20.3 Å². The van der Waals surface area contributed by atoms with E-state index in [1.807, 2.05) is 44.2 Å². The van der Waals surface area contributed by atoms with Crippen LogP contribution in [0, 0.1) is 0 Å². The topological polar surface area (TPSA) is 85.8 Å². The average Bonchev–Trinajstić information content (AvgIpc) is 2.86. The molecule has 2 rings (SSSR count). The van der Waals surface area contributed by atoms with Crippen molar-refractivity contribution in [3.8, 4) is 0 Å². The molecular weight excluding hydrogens is 254 g/mol. The Hall–Kier alpha value is -2.21. The Kier molecular flexibility index (Phi) is 4.14. The average molecular weight is 273 g/mol. The molecule has 1 heterocycles. The lowest BCUT2D eigenvalue weighted by atomic mass is 10.0. The molecule has 0 saturated heterocycles. The number of rotatable bonds is 5. The molecule has 0 saturated carbocycles. The van der Waals surface area contributed by atoms with Gasteiger partial charge in [-0.05, 0) is 19.4 Å². The predicted molar refractivity (Wildman–Crippen MR) is 75.5 cm³/mol. The number of hydrogen-bond acceptors (Lipinski definition) is 4. The first-order valence-electron chi connectivity index (χ1n) is 6.45. The van der Waals surface area contributed by atoms with Crippen molar-refractivity contribution < 1.29 is 4.79 Å². The molecule has 0 radical (unpaired) electrons. The van der Waals surface area contributed by atoms with Gasteiger partial charge in [-0.3, -0.25) is 4.79 Å². The Morgan fingerprint density at radius 3 is 2.65 bits per heavy atom. The summed E-state index contributed by atoms with van der Waals surface area (Å²) in [6, 6.07) is 9.75. The molecule has 0 aliphatic carbocycles. The zero-order valence-electron chi connectivity index (χ0n) is 11.7. The molecule has 0 unspecified atom stereocenters. The predicted octanol–water partition coefficient (Wildman–Crippen LogP) is 0.788. The summed E-state index contributed by atoms with van der Waals surface area (Å²) in [5.41, 5.74) is 7.08. The van der Waals surface area contributed by atoms with Gasteiger partial charge >= 0.3 is 0 Å². The van der Waals surface area contributed by atoms with Crippen LogP contribution in [-0.2, 0) is 23.4 Å². The number of nitrogens with one attached hydrogen (secondary N) is 1. The molecule has 0 spiro atoms. The number of hydrogen-bond donors (Lipinski definition) is 2. The van der Waals surface area contributed by atoms with Crippen molar-refractivity contribution >= 4 is 5.91 Å². The molecule has 3 N–H and O–H groups in total. The minimum Gasteiger partial charge on any atom is -0.350 e. The van der Waals surface area contributed by atoms with Gasteiger partial charge in [0.15, 0.2) is 0 Å². The van der Waals surface area contributed by atoms with Gasteiger partial charge in [-0.1, -0.05) is 35.5 Å². The molecule has 0 fully saturated rings. The van der Waals surface area contributed by atoms with Gasteiger partial charge in [0.05, 0.1) is 11.7 Å². The molecule has 1 aromatic carbocycles. The van der Waals surface area contributed by atoms with Crippen molar-refractivity contribution in [2.24, 2.45) is 5.73 Å². The van der Waals surface area contributed by atoms with Gasteiger partial charge in [-0.2, -0.15) is 0 Å². The highest BCUT2D eigenvalue weighted by Crippen LogP contribution is 2.12. The smallest absolute Gasteiger partial charge is 0.242 e. The lowest BCUT2D eigenvalue weighted by Gasteiger charge is -2.13. The number of amides is 1. The van der Waals surface area contributed by atoms with Crippen LogP contribution in [0.3, 0.4) is 0 Å². The van der Waals surface area contributed by atoms with E-state index in [-0.39, 0.29) is 12.5 Å². The highest BCUT2D eigenvalue weighted by Gasteiger charge is 2.18.